The molecule has 0 aliphatic heterocycles. The molecular formula is C15H22N2O2. The van der Waals surface area contributed by atoms with Crippen molar-refractivity contribution in [3.63, 3.8) is 0 Å². The zero-order chi connectivity index (χ0) is 13.9. The van der Waals surface area contributed by atoms with E-state index in [0.717, 1.165) is 13.0 Å². The molecule has 104 valence electrons. The van der Waals surface area contributed by atoms with E-state index < -0.39 is 5.60 Å². The van der Waals surface area contributed by atoms with Crippen LogP contribution < -0.4 is 10.6 Å². The summed E-state index contributed by atoms with van der Waals surface area (Å²) >= 11 is 0. The number of hydrogen-bond donors (Lipinski definition) is 2. The van der Waals surface area contributed by atoms with Gasteiger partial charge in [0, 0.05) is 18.6 Å². The van der Waals surface area contributed by atoms with Gasteiger partial charge in [-0.25, -0.2) is 4.79 Å². The van der Waals surface area contributed by atoms with Gasteiger partial charge >= 0.3 is 6.09 Å². The van der Waals surface area contributed by atoms with E-state index in [-0.39, 0.29) is 12.1 Å². The highest BCUT2D eigenvalue weighted by Gasteiger charge is 2.38. The summed E-state index contributed by atoms with van der Waals surface area (Å²) in [6.45, 7) is 6.43. The van der Waals surface area contributed by atoms with Gasteiger partial charge in [-0.15, -0.1) is 0 Å². The monoisotopic (exact) mass is 262 g/mol. The number of alkyl carbamates (subject to hydrolysis) is 1. The third kappa shape index (κ3) is 4.91. The Morgan fingerprint density at radius 1 is 1.26 bits per heavy atom. The third-order valence-electron chi connectivity index (χ3n) is 2.90. The summed E-state index contributed by atoms with van der Waals surface area (Å²) in [4.78, 5) is 11.6. The molecule has 1 aromatic rings. The SMILES string of the molecule is CC(C)(C)OC(=O)NC1CC1NCc1ccccc1. The maximum absolute atomic E-state index is 11.6. The van der Waals surface area contributed by atoms with Gasteiger partial charge < -0.3 is 15.4 Å². The van der Waals surface area contributed by atoms with E-state index in [1.54, 1.807) is 0 Å². The Morgan fingerprint density at radius 3 is 2.58 bits per heavy atom. The topological polar surface area (TPSA) is 50.4 Å². The number of rotatable bonds is 4. The number of carbonyl (C=O) groups excluding carboxylic acids is 1. The second-order valence-electron chi connectivity index (χ2n) is 5.96. The van der Waals surface area contributed by atoms with Gasteiger partial charge in [-0.2, -0.15) is 0 Å². The molecule has 0 spiro atoms. The number of nitrogens with one attached hydrogen (secondary N) is 2. The molecule has 1 amide bonds. The lowest BCUT2D eigenvalue weighted by Crippen LogP contribution is -2.36. The normalized spacial score (nSPS) is 21.8. The lowest BCUT2D eigenvalue weighted by Gasteiger charge is -2.19. The molecule has 2 N–H and O–H groups in total. The quantitative estimate of drug-likeness (QED) is 0.876. The lowest BCUT2D eigenvalue weighted by molar-refractivity contribution is 0.0522. The predicted octanol–water partition coefficient (Wildman–Crippen LogP) is 2.44. The van der Waals surface area contributed by atoms with Gasteiger partial charge in [0.25, 0.3) is 0 Å². The molecule has 0 radical (unpaired) electrons. The minimum absolute atomic E-state index is 0.193. The van der Waals surface area contributed by atoms with Crippen molar-refractivity contribution in [2.24, 2.45) is 0 Å². The van der Waals surface area contributed by atoms with Crippen LogP contribution in [0.4, 0.5) is 4.79 Å². The maximum atomic E-state index is 11.6. The van der Waals surface area contributed by atoms with Crippen molar-refractivity contribution in [3.8, 4) is 0 Å². The molecule has 1 aliphatic rings. The Kier molecular flexibility index (Phi) is 4.10. The van der Waals surface area contributed by atoms with Crippen LogP contribution in [0.1, 0.15) is 32.8 Å². The third-order valence-corrected chi connectivity index (χ3v) is 2.90. The molecule has 0 saturated heterocycles. The predicted molar refractivity (Wildman–Crippen MR) is 74.8 cm³/mol. The summed E-state index contributed by atoms with van der Waals surface area (Å²) in [6, 6.07) is 10.8. The summed E-state index contributed by atoms with van der Waals surface area (Å²) in [5.74, 6) is 0. The van der Waals surface area contributed by atoms with Crippen molar-refractivity contribution in [2.45, 2.75) is 51.4 Å². The van der Waals surface area contributed by atoms with Crippen LogP contribution in [0.3, 0.4) is 0 Å². The van der Waals surface area contributed by atoms with E-state index in [0.29, 0.717) is 6.04 Å². The van der Waals surface area contributed by atoms with Gasteiger partial charge in [0.15, 0.2) is 0 Å². The molecule has 19 heavy (non-hydrogen) atoms. The van der Waals surface area contributed by atoms with Crippen LogP contribution in [0, 0.1) is 0 Å². The first-order chi connectivity index (χ1) is 8.94. The van der Waals surface area contributed by atoms with E-state index in [1.807, 2.05) is 39.0 Å². The van der Waals surface area contributed by atoms with Gasteiger partial charge in [-0.05, 0) is 32.8 Å². The summed E-state index contributed by atoms with van der Waals surface area (Å²) < 4.78 is 5.22. The van der Waals surface area contributed by atoms with Gasteiger partial charge in [0.2, 0.25) is 0 Å². The average Bonchev–Trinajstić information content (AvgIpc) is 3.03. The molecule has 0 bridgehead atoms. The van der Waals surface area contributed by atoms with Crippen molar-refractivity contribution in [2.75, 3.05) is 0 Å². The van der Waals surface area contributed by atoms with E-state index in [2.05, 4.69) is 22.8 Å². The fourth-order valence-corrected chi connectivity index (χ4v) is 1.88. The van der Waals surface area contributed by atoms with Crippen molar-refractivity contribution in [3.05, 3.63) is 35.9 Å². The first kappa shape index (κ1) is 13.9. The van der Waals surface area contributed by atoms with Crippen LogP contribution >= 0.6 is 0 Å². The summed E-state index contributed by atoms with van der Waals surface area (Å²) in [6.07, 6.45) is 0.632. The minimum atomic E-state index is -0.439. The fourth-order valence-electron chi connectivity index (χ4n) is 1.88. The van der Waals surface area contributed by atoms with Crippen molar-refractivity contribution < 1.29 is 9.53 Å². The van der Waals surface area contributed by atoms with Crippen LogP contribution in [-0.4, -0.2) is 23.8 Å². The second kappa shape index (κ2) is 5.61. The molecular weight excluding hydrogens is 240 g/mol. The fraction of sp³-hybridized carbons (Fsp3) is 0.533. The molecule has 1 aliphatic carbocycles. The van der Waals surface area contributed by atoms with Crippen molar-refractivity contribution in [1.29, 1.82) is 0 Å². The minimum Gasteiger partial charge on any atom is -0.444 e. The molecule has 2 rings (SSSR count). The molecule has 2 unspecified atom stereocenters. The van der Waals surface area contributed by atoms with Crippen molar-refractivity contribution in [1.82, 2.24) is 10.6 Å². The van der Waals surface area contributed by atoms with Gasteiger partial charge in [0.1, 0.15) is 5.60 Å². The van der Waals surface area contributed by atoms with E-state index in [9.17, 15) is 4.79 Å². The van der Waals surface area contributed by atoms with E-state index in [4.69, 9.17) is 4.74 Å². The highest BCUT2D eigenvalue weighted by Crippen LogP contribution is 2.22. The van der Waals surface area contributed by atoms with E-state index >= 15 is 0 Å². The largest absolute Gasteiger partial charge is 0.444 e. The van der Waals surface area contributed by atoms with Gasteiger partial charge in [-0.3, -0.25) is 0 Å². The Labute approximate surface area is 114 Å². The molecule has 4 nitrogen and oxygen atoms in total. The molecule has 1 fully saturated rings. The molecule has 4 heteroatoms. The van der Waals surface area contributed by atoms with Crippen molar-refractivity contribution >= 4 is 6.09 Å². The highest BCUT2D eigenvalue weighted by atomic mass is 16.6. The number of ether oxygens (including phenoxy) is 1. The number of amides is 1. The number of benzene rings is 1. The van der Waals surface area contributed by atoms with Gasteiger partial charge in [0.05, 0.1) is 0 Å². The van der Waals surface area contributed by atoms with Crippen LogP contribution in [0.25, 0.3) is 0 Å². The molecule has 0 aromatic heterocycles. The summed E-state index contributed by atoms with van der Waals surface area (Å²) in [7, 11) is 0. The first-order valence-electron chi connectivity index (χ1n) is 6.71. The summed E-state index contributed by atoms with van der Waals surface area (Å²) in [5, 5.41) is 6.29. The van der Waals surface area contributed by atoms with Crippen LogP contribution in [0.15, 0.2) is 30.3 Å². The maximum Gasteiger partial charge on any atom is 0.407 e. The summed E-state index contributed by atoms with van der Waals surface area (Å²) in [5.41, 5.74) is 0.816. The average molecular weight is 262 g/mol. The van der Waals surface area contributed by atoms with E-state index in [1.165, 1.54) is 5.56 Å². The van der Waals surface area contributed by atoms with Crippen LogP contribution in [0.5, 0.6) is 0 Å². The lowest BCUT2D eigenvalue weighted by atomic mass is 10.2. The zero-order valence-corrected chi connectivity index (χ0v) is 11.8. The first-order valence-corrected chi connectivity index (χ1v) is 6.71. The molecule has 0 heterocycles. The Morgan fingerprint density at radius 2 is 1.95 bits per heavy atom. The molecule has 1 saturated carbocycles. The molecule has 2 atom stereocenters. The smallest absolute Gasteiger partial charge is 0.407 e. The Balaban J connectivity index is 1.66. The Bertz CT molecular complexity index is 426. The zero-order valence-electron chi connectivity index (χ0n) is 11.8. The van der Waals surface area contributed by atoms with Gasteiger partial charge in [-0.1, -0.05) is 30.3 Å². The number of hydrogen-bond acceptors (Lipinski definition) is 3. The molecule has 1 aromatic carbocycles. The second-order valence-corrected chi connectivity index (χ2v) is 5.96. The Hall–Kier alpha value is -1.55. The highest BCUT2D eigenvalue weighted by molar-refractivity contribution is 5.68. The standard InChI is InChI=1S/C15H22N2O2/c1-15(2,3)19-14(18)17-13-9-12(13)16-10-11-7-5-4-6-8-11/h4-8,12-13,16H,9-10H2,1-3H3,(H,17,18). The van der Waals surface area contributed by atoms with Crippen LogP contribution in [0.2, 0.25) is 0 Å². The number of carbonyl (C=O) groups is 1. The van der Waals surface area contributed by atoms with Crippen LogP contribution in [-0.2, 0) is 11.3 Å².